The zero-order chi connectivity index (χ0) is 21.8. The van der Waals surface area contributed by atoms with Crippen LogP contribution in [0.4, 0.5) is 0 Å². The Morgan fingerprint density at radius 1 is 1.03 bits per heavy atom. The van der Waals surface area contributed by atoms with E-state index >= 15 is 0 Å². The van der Waals surface area contributed by atoms with Crippen LogP contribution in [0.15, 0.2) is 0 Å². The van der Waals surface area contributed by atoms with Crippen LogP contribution in [0.25, 0.3) is 0 Å². The molecule has 0 amide bonds. The fourth-order valence-electron chi connectivity index (χ4n) is 8.12. The van der Waals surface area contributed by atoms with Crippen molar-refractivity contribution in [3.05, 3.63) is 0 Å². The van der Waals surface area contributed by atoms with Gasteiger partial charge in [-0.3, -0.25) is 4.79 Å². The van der Waals surface area contributed by atoms with Crippen LogP contribution in [0.1, 0.15) is 34.1 Å². The summed E-state index contributed by atoms with van der Waals surface area (Å²) in [4.78, 5) is 38.2. The minimum absolute atomic E-state index is 0.229. The van der Waals surface area contributed by atoms with Crippen molar-refractivity contribution in [2.45, 2.75) is 76.0 Å². The Balaban J connectivity index is 1.72. The van der Waals surface area contributed by atoms with Crippen molar-refractivity contribution in [1.29, 1.82) is 0 Å². The van der Waals surface area contributed by atoms with E-state index in [2.05, 4.69) is 0 Å². The molecule has 4 heterocycles. The number of carbonyl (C=O) groups is 3. The number of aliphatic hydroxyl groups is 3. The lowest BCUT2D eigenvalue weighted by Crippen LogP contribution is -2.67. The van der Waals surface area contributed by atoms with Crippen LogP contribution in [0.5, 0.6) is 0 Å². The smallest absolute Gasteiger partial charge is 0.343 e. The van der Waals surface area contributed by atoms with Crippen LogP contribution >= 0.6 is 0 Å². The average molecular weight is 424 g/mol. The first kappa shape index (κ1) is 19.0. The molecular formula is C20H24O10. The van der Waals surface area contributed by atoms with Gasteiger partial charge in [-0.15, -0.1) is 0 Å². The molecule has 6 fully saturated rings. The lowest BCUT2D eigenvalue weighted by molar-refractivity contribution is -0.239. The summed E-state index contributed by atoms with van der Waals surface area (Å²) in [6.45, 7) is 7.14. The molecule has 0 aromatic carbocycles. The lowest BCUT2D eigenvalue weighted by atomic mass is 9.51. The average Bonchev–Trinajstić information content (AvgIpc) is 3.35. The molecule has 3 N–H and O–H groups in total. The highest BCUT2D eigenvalue weighted by atomic mass is 16.8. The van der Waals surface area contributed by atoms with E-state index in [0.717, 1.165) is 0 Å². The Bertz CT molecular complexity index is 925. The number of ether oxygens (including phenoxy) is 4. The summed E-state index contributed by atoms with van der Waals surface area (Å²) in [5, 5.41) is 34.7. The molecule has 30 heavy (non-hydrogen) atoms. The Kier molecular flexibility index (Phi) is 2.97. The summed E-state index contributed by atoms with van der Waals surface area (Å²) in [7, 11) is 0. The number of carbonyl (C=O) groups excluding carboxylic acids is 3. The lowest BCUT2D eigenvalue weighted by Gasteiger charge is -2.47. The Morgan fingerprint density at radius 2 is 1.70 bits per heavy atom. The van der Waals surface area contributed by atoms with Gasteiger partial charge in [0, 0.05) is 0 Å². The van der Waals surface area contributed by atoms with Gasteiger partial charge in [0.1, 0.15) is 12.2 Å². The van der Waals surface area contributed by atoms with Crippen molar-refractivity contribution in [2.24, 2.45) is 28.1 Å². The van der Waals surface area contributed by atoms with Gasteiger partial charge < -0.3 is 34.3 Å². The summed E-state index contributed by atoms with van der Waals surface area (Å²) in [6, 6.07) is 0. The van der Waals surface area contributed by atoms with Gasteiger partial charge in [0.2, 0.25) is 11.9 Å². The van der Waals surface area contributed by atoms with Crippen LogP contribution in [-0.2, 0) is 33.3 Å². The van der Waals surface area contributed by atoms with Gasteiger partial charge >= 0.3 is 17.9 Å². The maximum atomic E-state index is 13.4. The van der Waals surface area contributed by atoms with E-state index in [1.165, 1.54) is 6.92 Å². The maximum Gasteiger partial charge on any atom is 0.343 e. The molecule has 11 atom stereocenters. The first-order valence-corrected chi connectivity index (χ1v) is 10.2. The Morgan fingerprint density at radius 3 is 2.33 bits per heavy atom. The molecule has 1 unspecified atom stereocenters. The summed E-state index contributed by atoms with van der Waals surface area (Å²) in [5.41, 5.74) is -8.26. The number of rotatable bonds is 0. The first-order chi connectivity index (χ1) is 13.8. The predicted octanol–water partition coefficient (Wildman–Crippen LogP) is -1.37. The van der Waals surface area contributed by atoms with E-state index in [1.807, 2.05) is 20.8 Å². The first-order valence-electron chi connectivity index (χ1n) is 10.2. The molecule has 2 aliphatic carbocycles. The molecule has 164 valence electrons. The molecule has 0 aromatic heterocycles. The Labute approximate surface area is 171 Å². The van der Waals surface area contributed by atoms with Gasteiger partial charge in [-0.25, -0.2) is 9.59 Å². The number of hydrogen-bond acceptors (Lipinski definition) is 10. The van der Waals surface area contributed by atoms with Crippen molar-refractivity contribution < 1.29 is 48.7 Å². The number of hydrogen-bond donors (Lipinski definition) is 3. The quantitative estimate of drug-likeness (QED) is 0.314. The molecule has 0 bridgehead atoms. The molecule has 10 heteroatoms. The SMILES string of the molecule is C[C@@H]1C(=O)O[C@H]2[C@@H](O)[C@@]34[C@@H]5CC(C(C)(C)C)[C@]36[C@@H](OC(=O)[C@@H]6O)O[C@@]4(C(=O)O5)[C@@]12O. The number of fused-ring (bicyclic) bond motifs is 1. The van der Waals surface area contributed by atoms with Gasteiger partial charge in [0.05, 0.1) is 16.7 Å². The predicted molar refractivity (Wildman–Crippen MR) is 92.0 cm³/mol. The third-order valence-electron chi connectivity index (χ3n) is 9.00. The monoisotopic (exact) mass is 424 g/mol. The van der Waals surface area contributed by atoms with E-state index in [-0.39, 0.29) is 6.42 Å². The van der Waals surface area contributed by atoms with E-state index in [0.29, 0.717) is 0 Å². The third-order valence-corrected chi connectivity index (χ3v) is 9.00. The van der Waals surface area contributed by atoms with E-state index in [9.17, 15) is 29.7 Å². The molecule has 6 aliphatic rings. The van der Waals surface area contributed by atoms with E-state index in [4.69, 9.17) is 18.9 Å². The van der Waals surface area contributed by atoms with Gasteiger partial charge in [-0.05, 0) is 24.7 Å². The molecular weight excluding hydrogens is 400 g/mol. The number of aliphatic hydroxyl groups excluding tert-OH is 2. The molecule has 4 aliphatic heterocycles. The zero-order valence-corrected chi connectivity index (χ0v) is 16.9. The molecule has 0 radical (unpaired) electrons. The maximum absolute atomic E-state index is 13.4. The van der Waals surface area contributed by atoms with Gasteiger partial charge in [0.25, 0.3) is 0 Å². The molecule has 2 spiro atoms. The van der Waals surface area contributed by atoms with E-state index in [1.54, 1.807) is 0 Å². The second-order valence-corrected chi connectivity index (χ2v) is 10.7. The summed E-state index contributed by atoms with van der Waals surface area (Å²) >= 11 is 0. The zero-order valence-electron chi connectivity index (χ0n) is 16.9. The minimum atomic E-state index is -2.24. The van der Waals surface area contributed by atoms with Crippen LogP contribution in [0.2, 0.25) is 0 Å². The molecule has 4 saturated heterocycles. The van der Waals surface area contributed by atoms with Crippen molar-refractivity contribution in [3.8, 4) is 0 Å². The highest BCUT2D eigenvalue weighted by molar-refractivity contribution is 5.94. The standard InChI is InChI=1S/C20H24O10/c1-6-12(23)28-11-9(21)18-8-5-7(16(2,3)4)17(18)10(22)13(24)29-15(17)30-20(18,14(25)27-8)19(6,11)26/h6-11,15,21-22,26H,5H2,1-4H3/t6-,7?,8+,9-,10+,11+,15+,17+,18+,19-,20-/m1/s1. The minimum Gasteiger partial charge on any atom is -0.459 e. The van der Waals surface area contributed by atoms with Gasteiger partial charge in [-0.1, -0.05) is 20.8 Å². The van der Waals surface area contributed by atoms with Crippen molar-refractivity contribution >= 4 is 17.9 Å². The van der Waals surface area contributed by atoms with Crippen LogP contribution < -0.4 is 0 Å². The van der Waals surface area contributed by atoms with Crippen LogP contribution in [0, 0.1) is 28.1 Å². The van der Waals surface area contributed by atoms with Crippen molar-refractivity contribution in [3.63, 3.8) is 0 Å². The second kappa shape index (κ2) is 4.69. The van der Waals surface area contributed by atoms with Crippen molar-refractivity contribution in [2.75, 3.05) is 0 Å². The second-order valence-electron chi connectivity index (χ2n) is 10.7. The Hall–Kier alpha value is -1.75. The highest BCUT2D eigenvalue weighted by Crippen LogP contribution is 2.84. The molecule has 6 rings (SSSR count). The largest absolute Gasteiger partial charge is 0.459 e. The number of esters is 3. The topological polar surface area (TPSA) is 149 Å². The summed E-state index contributed by atoms with van der Waals surface area (Å²) < 4.78 is 22.5. The molecule has 0 aromatic rings. The van der Waals surface area contributed by atoms with Crippen molar-refractivity contribution in [1.82, 2.24) is 0 Å². The highest BCUT2D eigenvalue weighted by Gasteiger charge is 3.03. The third kappa shape index (κ3) is 1.33. The fourth-order valence-corrected chi connectivity index (χ4v) is 8.12. The van der Waals surface area contributed by atoms with Gasteiger partial charge in [0.15, 0.2) is 17.8 Å². The van der Waals surface area contributed by atoms with Gasteiger partial charge in [-0.2, -0.15) is 0 Å². The van der Waals surface area contributed by atoms with Crippen LogP contribution in [-0.4, -0.2) is 75.1 Å². The van der Waals surface area contributed by atoms with Crippen LogP contribution in [0.3, 0.4) is 0 Å². The fraction of sp³-hybridized carbons (Fsp3) is 0.850. The summed E-state index contributed by atoms with van der Waals surface area (Å²) in [6.07, 6.45) is -6.91. The van der Waals surface area contributed by atoms with E-state index < -0.39 is 87.9 Å². The molecule has 2 saturated carbocycles. The normalized spacial score (nSPS) is 60.1. The molecule has 10 nitrogen and oxygen atoms in total. The summed E-state index contributed by atoms with van der Waals surface area (Å²) in [5.74, 6) is -4.32.